The summed E-state index contributed by atoms with van der Waals surface area (Å²) in [5.41, 5.74) is 0. The Morgan fingerprint density at radius 2 is 1.12 bits per heavy atom. The van der Waals surface area contributed by atoms with Crippen LogP contribution in [0, 0.1) is 5.92 Å². The predicted molar refractivity (Wildman–Crippen MR) is 104 cm³/mol. The van der Waals surface area contributed by atoms with Crippen LogP contribution in [0.25, 0.3) is 0 Å². The molecule has 0 saturated heterocycles. The topological polar surface area (TPSA) is 66.8 Å². The fourth-order valence-corrected chi connectivity index (χ4v) is 3.11. The molecule has 0 aliphatic rings. The molecular weight excluding hydrogens is 316 g/mol. The van der Waals surface area contributed by atoms with E-state index in [0.717, 1.165) is 38.5 Å². The van der Waals surface area contributed by atoms with E-state index in [9.17, 15) is 4.79 Å². The summed E-state index contributed by atoms with van der Waals surface area (Å²) in [5.74, 6) is -0.333. The second kappa shape index (κ2) is 18.2. The molecule has 0 fully saturated rings. The van der Waals surface area contributed by atoms with Crippen molar-refractivity contribution in [2.75, 3.05) is 13.2 Å². The standard InChI is InChI=1S/C21H42O4/c1-3-5-7-8-9-10-11-12-14-16-19(15-13-6-4-2)21(24)25-20(17-22)18-23/h19-20,22-23H,3-18H2,1-2H3. The Labute approximate surface area is 155 Å². The van der Waals surface area contributed by atoms with Crippen LogP contribution >= 0.6 is 0 Å². The van der Waals surface area contributed by atoms with Crippen molar-refractivity contribution < 1.29 is 19.7 Å². The third kappa shape index (κ3) is 14.3. The van der Waals surface area contributed by atoms with Gasteiger partial charge >= 0.3 is 5.97 Å². The van der Waals surface area contributed by atoms with Gasteiger partial charge in [-0.05, 0) is 12.8 Å². The minimum atomic E-state index is -0.774. The molecule has 0 bridgehead atoms. The Bertz CT molecular complexity index is 290. The number of rotatable bonds is 18. The van der Waals surface area contributed by atoms with Crippen molar-refractivity contribution in [2.24, 2.45) is 5.92 Å². The van der Waals surface area contributed by atoms with Crippen LogP contribution in [0.15, 0.2) is 0 Å². The number of carbonyl (C=O) groups is 1. The Balaban J connectivity index is 3.99. The Morgan fingerprint density at radius 1 is 0.720 bits per heavy atom. The van der Waals surface area contributed by atoms with E-state index < -0.39 is 6.10 Å². The summed E-state index contributed by atoms with van der Waals surface area (Å²) in [6, 6.07) is 0. The van der Waals surface area contributed by atoms with Gasteiger partial charge in [-0.25, -0.2) is 0 Å². The minimum absolute atomic E-state index is 0.0864. The van der Waals surface area contributed by atoms with Gasteiger partial charge in [0.1, 0.15) is 6.10 Å². The largest absolute Gasteiger partial charge is 0.457 e. The van der Waals surface area contributed by atoms with E-state index in [1.165, 1.54) is 51.4 Å². The number of hydrogen-bond acceptors (Lipinski definition) is 4. The normalized spacial score (nSPS) is 12.5. The van der Waals surface area contributed by atoms with Gasteiger partial charge in [0.05, 0.1) is 19.1 Å². The molecule has 0 aromatic heterocycles. The number of esters is 1. The second-order valence-electron chi connectivity index (χ2n) is 7.23. The van der Waals surface area contributed by atoms with Crippen LogP contribution in [0.2, 0.25) is 0 Å². The highest BCUT2D eigenvalue weighted by Crippen LogP contribution is 2.21. The molecule has 0 rings (SSSR count). The summed E-state index contributed by atoms with van der Waals surface area (Å²) < 4.78 is 5.24. The summed E-state index contributed by atoms with van der Waals surface area (Å²) in [6.07, 6.45) is 15.7. The van der Waals surface area contributed by atoms with Gasteiger partial charge in [-0.15, -0.1) is 0 Å². The molecule has 0 saturated carbocycles. The first-order valence-corrected chi connectivity index (χ1v) is 10.6. The molecule has 0 radical (unpaired) electrons. The molecule has 25 heavy (non-hydrogen) atoms. The second-order valence-corrected chi connectivity index (χ2v) is 7.23. The van der Waals surface area contributed by atoms with E-state index >= 15 is 0 Å². The highest BCUT2D eigenvalue weighted by molar-refractivity contribution is 5.72. The van der Waals surface area contributed by atoms with Crippen LogP contribution in [0.3, 0.4) is 0 Å². The lowest BCUT2D eigenvalue weighted by Crippen LogP contribution is -2.29. The Hall–Kier alpha value is -0.610. The molecule has 0 aliphatic heterocycles. The molecular formula is C21H42O4. The minimum Gasteiger partial charge on any atom is -0.457 e. The number of ether oxygens (including phenoxy) is 1. The van der Waals surface area contributed by atoms with Crippen LogP contribution in [0.1, 0.15) is 104 Å². The summed E-state index contributed by atoms with van der Waals surface area (Å²) in [5, 5.41) is 18.2. The van der Waals surface area contributed by atoms with Crippen molar-refractivity contribution in [2.45, 2.75) is 110 Å². The van der Waals surface area contributed by atoms with Gasteiger partial charge in [0.2, 0.25) is 0 Å². The summed E-state index contributed by atoms with van der Waals surface area (Å²) in [4.78, 5) is 12.3. The molecule has 4 heteroatoms. The van der Waals surface area contributed by atoms with Gasteiger partial charge in [-0.3, -0.25) is 4.79 Å². The summed E-state index contributed by atoms with van der Waals surface area (Å²) in [6.45, 7) is 3.76. The van der Waals surface area contributed by atoms with Crippen LogP contribution in [-0.4, -0.2) is 35.5 Å². The first-order chi connectivity index (χ1) is 12.2. The lowest BCUT2D eigenvalue weighted by molar-refractivity contribution is -0.159. The lowest BCUT2D eigenvalue weighted by Gasteiger charge is -2.19. The highest BCUT2D eigenvalue weighted by Gasteiger charge is 2.22. The van der Waals surface area contributed by atoms with E-state index in [1.807, 2.05) is 0 Å². The fourth-order valence-electron chi connectivity index (χ4n) is 3.11. The molecule has 1 atom stereocenters. The Morgan fingerprint density at radius 3 is 1.60 bits per heavy atom. The van der Waals surface area contributed by atoms with E-state index in [2.05, 4.69) is 13.8 Å². The highest BCUT2D eigenvalue weighted by atomic mass is 16.6. The molecule has 2 N–H and O–H groups in total. The zero-order valence-corrected chi connectivity index (χ0v) is 16.7. The van der Waals surface area contributed by atoms with Gasteiger partial charge in [-0.2, -0.15) is 0 Å². The van der Waals surface area contributed by atoms with E-state index in [-0.39, 0.29) is 25.1 Å². The first-order valence-electron chi connectivity index (χ1n) is 10.6. The average molecular weight is 359 g/mol. The number of carbonyl (C=O) groups excluding carboxylic acids is 1. The van der Waals surface area contributed by atoms with E-state index in [4.69, 9.17) is 14.9 Å². The zero-order valence-electron chi connectivity index (χ0n) is 16.7. The van der Waals surface area contributed by atoms with Crippen LogP contribution < -0.4 is 0 Å². The number of aliphatic hydroxyl groups is 2. The predicted octanol–water partition coefficient (Wildman–Crippen LogP) is 5.00. The molecule has 150 valence electrons. The third-order valence-electron chi connectivity index (χ3n) is 4.84. The molecule has 0 aromatic carbocycles. The molecule has 4 nitrogen and oxygen atoms in total. The zero-order chi connectivity index (χ0) is 18.8. The van der Waals surface area contributed by atoms with Crippen LogP contribution in [-0.2, 0) is 9.53 Å². The maximum atomic E-state index is 12.3. The van der Waals surface area contributed by atoms with Crippen LogP contribution in [0.4, 0.5) is 0 Å². The third-order valence-corrected chi connectivity index (χ3v) is 4.84. The SMILES string of the molecule is CCCCCCCCCCCC(CCCCC)C(=O)OC(CO)CO. The molecule has 1 unspecified atom stereocenters. The molecule has 0 heterocycles. The molecule has 0 spiro atoms. The number of aliphatic hydroxyl groups excluding tert-OH is 2. The van der Waals surface area contributed by atoms with Gasteiger partial charge < -0.3 is 14.9 Å². The quantitative estimate of drug-likeness (QED) is 0.267. The molecule has 0 aliphatic carbocycles. The lowest BCUT2D eigenvalue weighted by atomic mass is 9.94. The summed E-state index contributed by atoms with van der Waals surface area (Å²) >= 11 is 0. The monoisotopic (exact) mass is 358 g/mol. The van der Waals surface area contributed by atoms with Crippen molar-refractivity contribution in [3.05, 3.63) is 0 Å². The Kier molecular flexibility index (Phi) is 17.7. The molecule has 0 amide bonds. The fraction of sp³-hybridized carbons (Fsp3) is 0.952. The average Bonchev–Trinajstić information content (AvgIpc) is 2.63. The number of unbranched alkanes of at least 4 members (excludes halogenated alkanes) is 10. The van der Waals surface area contributed by atoms with Gasteiger partial charge in [0.15, 0.2) is 0 Å². The maximum Gasteiger partial charge on any atom is 0.309 e. The molecule has 0 aromatic rings. The van der Waals surface area contributed by atoms with Crippen LogP contribution in [0.5, 0.6) is 0 Å². The van der Waals surface area contributed by atoms with Crippen molar-refractivity contribution in [3.63, 3.8) is 0 Å². The van der Waals surface area contributed by atoms with Crippen molar-refractivity contribution in [3.8, 4) is 0 Å². The van der Waals surface area contributed by atoms with E-state index in [1.54, 1.807) is 0 Å². The smallest absolute Gasteiger partial charge is 0.309 e. The summed E-state index contributed by atoms with van der Waals surface area (Å²) in [7, 11) is 0. The van der Waals surface area contributed by atoms with Crippen molar-refractivity contribution >= 4 is 5.97 Å². The maximum absolute atomic E-state index is 12.3. The van der Waals surface area contributed by atoms with Gasteiger partial charge in [0.25, 0.3) is 0 Å². The van der Waals surface area contributed by atoms with Crippen molar-refractivity contribution in [1.82, 2.24) is 0 Å². The van der Waals surface area contributed by atoms with Gasteiger partial charge in [-0.1, -0.05) is 90.9 Å². The number of hydrogen-bond donors (Lipinski definition) is 2. The van der Waals surface area contributed by atoms with E-state index in [0.29, 0.717) is 0 Å². The van der Waals surface area contributed by atoms with Gasteiger partial charge in [0, 0.05) is 0 Å². The first kappa shape index (κ1) is 24.4. The van der Waals surface area contributed by atoms with Crippen molar-refractivity contribution in [1.29, 1.82) is 0 Å².